The minimum Gasteiger partial charge on any atom is -0.463 e. The van der Waals surface area contributed by atoms with Crippen molar-refractivity contribution in [2.75, 3.05) is 19.0 Å². The third kappa shape index (κ3) is 9.74. The number of hydrogen-bond acceptors (Lipinski definition) is 11. The molecule has 2 amide bonds. The van der Waals surface area contributed by atoms with E-state index in [1.54, 1.807) is 18.2 Å². The molecule has 0 aliphatic carbocycles. The average molecular weight is 711 g/mol. The van der Waals surface area contributed by atoms with Crippen molar-refractivity contribution in [3.05, 3.63) is 102 Å². The Bertz CT molecular complexity index is 1680. The van der Waals surface area contributed by atoms with Crippen LogP contribution in [0, 0.1) is 0 Å². The fourth-order valence-corrected chi connectivity index (χ4v) is 6.72. The molecule has 0 bridgehead atoms. The lowest BCUT2D eigenvalue weighted by atomic mass is 9.95. The largest absolute Gasteiger partial charge is 0.463 e. The Morgan fingerprint density at radius 1 is 0.900 bits per heavy atom. The quantitative estimate of drug-likeness (QED) is 0.237. The molecule has 0 saturated carbocycles. The maximum atomic E-state index is 13.4. The van der Waals surface area contributed by atoms with E-state index in [4.69, 9.17) is 28.4 Å². The van der Waals surface area contributed by atoms with Gasteiger partial charge in [-0.3, -0.25) is 9.59 Å². The summed E-state index contributed by atoms with van der Waals surface area (Å²) in [5.74, 6) is -2.26. The number of nitrogens with one attached hydrogen (secondary N) is 2. The van der Waals surface area contributed by atoms with E-state index in [1.807, 2.05) is 60.7 Å². The fraction of sp³-hybridized carbons (Fsp3) is 0.417. The number of amides is 2. The van der Waals surface area contributed by atoms with Crippen LogP contribution in [0.25, 0.3) is 0 Å². The van der Waals surface area contributed by atoms with Crippen molar-refractivity contribution in [1.29, 1.82) is 0 Å². The topological polar surface area (TPSA) is 165 Å². The van der Waals surface area contributed by atoms with E-state index in [9.17, 15) is 22.8 Å². The van der Waals surface area contributed by atoms with Crippen molar-refractivity contribution < 1.29 is 51.2 Å². The van der Waals surface area contributed by atoms with E-state index >= 15 is 0 Å². The van der Waals surface area contributed by atoms with Crippen molar-refractivity contribution in [2.45, 2.75) is 81.4 Å². The van der Waals surface area contributed by atoms with E-state index in [2.05, 4.69) is 10.6 Å². The van der Waals surface area contributed by atoms with Crippen LogP contribution in [0.4, 0.5) is 0 Å². The van der Waals surface area contributed by atoms with Gasteiger partial charge in [0.25, 0.3) is 0 Å². The van der Waals surface area contributed by atoms with Crippen molar-refractivity contribution in [3.63, 3.8) is 0 Å². The number of ether oxygens (including phenoxy) is 6. The van der Waals surface area contributed by atoms with Crippen LogP contribution >= 0.6 is 0 Å². The maximum Gasteiger partial charge on any atom is 0.328 e. The highest BCUT2D eigenvalue weighted by atomic mass is 32.2. The van der Waals surface area contributed by atoms with Gasteiger partial charge in [-0.15, -0.1) is 0 Å². The second kappa shape index (κ2) is 17.2. The molecule has 14 heteroatoms. The van der Waals surface area contributed by atoms with Crippen LogP contribution in [-0.2, 0) is 59.2 Å². The lowest BCUT2D eigenvalue weighted by Crippen LogP contribution is -2.68. The average Bonchev–Trinajstić information content (AvgIpc) is 3.12. The highest BCUT2D eigenvalue weighted by Gasteiger charge is 2.52. The van der Waals surface area contributed by atoms with Gasteiger partial charge in [0.05, 0.1) is 23.9 Å². The van der Waals surface area contributed by atoms with Gasteiger partial charge in [-0.1, -0.05) is 78.9 Å². The Balaban J connectivity index is 1.27. The predicted molar refractivity (Wildman–Crippen MR) is 179 cm³/mol. The first-order chi connectivity index (χ1) is 24.0. The van der Waals surface area contributed by atoms with Crippen molar-refractivity contribution in [1.82, 2.24) is 10.6 Å². The molecule has 0 radical (unpaired) electrons. The third-order valence-corrected chi connectivity index (χ3v) is 9.87. The Labute approximate surface area is 291 Å². The summed E-state index contributed by atoms with van der Waals surface area (Å²) in [5, 5.41) is 5.43. The molecule has 50 heavy (non-hydrogen) atoms. The Morgan fingerprint density at radius 2 is 1.54 bits per heavy atom. The number of esters is 1. The first kappa shape index (κ1) is 37.1. The van der Waals surface area contributed by atoms with Crippen LogP contribution in [0.5, 0.6) is 0 Å². The molecule has 4 unspecified atom stereocenters. The van der Waals surface area contributed by atoms with Gasteiger partial charge in [0.2, 0.25) is 11.8 Å². The van der Waals surface area contributed by atoms with Gasteiger partial charge in [0, 0.05) is 12.5 Å². The van der Waals surface area contributed by atoms with Crippen molar-refractivity contribution >= 4 is 27.6 Å². The first-order valence-corrected chi connectivity index (χ1v) is 18.0. The summed E-state index contributed by atoms with van der Waals surface area (Å²) in [6.45, 7) is 4.17. The van der Waals surface area contributed by atoms with Gasteiger partial charge < -0.3 is 39.1 Å². The first-order valence-electron chi connectivity index (χ1n) is 16.3. The second-order valence-corrected chi connectivity index (χ2v) is 14.1. The molecule has 3 aromatic rings. The Hall–Kier alpha value is -4.18. The normalized spacial score (nSPS) is 24.6. The minimum atomic E-state index is -3.66. The monoisotopic (exact) mass is 710 g/mol. The molecule has 2 saturated heterocycles. The van der Waals surface area contributed by atoms with Gasteiger partial charge in [0.15, 0.2) is 22.4 Å². The summed E-state index contributed by atoms with van der Waals surface area (Å²) in [5.41, 5.74) is 1.64. The zero-order valence-electron chi connectivity index (χ0n) is 28.0. The Morgan fingerprint density at radius 3 is 2.20 bits per heavy atom. The molecular formula is C36H42N2O11S. The SMILES string of the molecule is CC(=O)NC1C(OCc2ccccc2)OC2COC(c3ccccc3)O[C@H]2[C@@H]1O[C@H](C)C(=O)N[C@@H](C)C(=O)OCCS(=O)(=O)c1ccccc1. The molecule has 13 nitrogen and oxygen atoms in total. The molecule has 5 rings (SSSR count). The molecule has 2 aliphatic rings. The zero-order valence-corrected chi connectivity index (χ0v) is 28.8. The van der Waals surface area contributed by atoms with Gasteiger partial charge in [-0.25, -0.2) is 13.2 Å². The minimum absolute atomic E-state index is 0.117. The van der Waals surface area contributed by atoms with Crippen molar-refractivity contribution in [3.8, 4) is 0 Å². The standard InChI is InChI=1S/C36H42N2O11S/c1-23(34(41)44-19-20-50(42,43)28-17-11-6-12-18-28)37-33(40)24(2)47-32-30(38-25(3)39)36(45-21-26-13-7-4-8-14-26)48-29-22-46-35(49-31(29)32)27-15-9-5-10-16-27/h4-18,23-24,29-32,35-36H,19-22H2,1-3H3,(H,37,40)(H,38,39)/t23-,24+,29?,30?,31+,32+,35?,36?/m0/s1. The molecule has 268 valence electrons. The lowest BCUT2D eigenvalue weighted by molar-refractivity contribution is -0.351. The smallest absolute Gasteiger partial charge is 0.328 e. The number of fused-ring (bicyclic) bond motifs is 1. The van der Waals surface area contributed by atoms with E-state index in [0.717, 1.165) is 11.1 Å². The summed E-state index contributed by atoms with van der Waals surface area (Å²) in [6, 6.07) is 24.5. The number of benzene rings is 3. The molecule has 3 aromatic carbocycles. The molecule has 2 fully saturated rings. The molecule has 0 aromatic heterocycles. The molecule has 2 N–H and O–H groups in total. The third-order valence-electron chi connectivity index (χ3n) is 8.18. The Kier molecular flexibility index (Phi) is 12.7. The maximum absolute atomic E-state index is 13.4. The van der Waals surface area contributed by atoms with Gasteiger partial charge in [-0.2, -0.15) is 0 Å². The van der Waals surface area contributed by atoms with E-state index < -0.39 is 83.2 Å². The van der Waals surface area contributed by atoms with Crippen LogP contribution in [0.2, 0.25) is 0 Å². The number of rotatable bonds is 14. The molecule has 2 heterocycles. The van der Waals surface area contributed by atoms with E-state index in [1.165, 1.54) is 32.9 Å². The molecule has 8 atom stereocenters. The lowest BCUT2D eigenvalue weighted by Gasteiger charge is -2.49. The highest BCUT2D eigenvalue weighted by Crippen LogP contribution is 2.36. The van der Waals surface area contributed by atoms with Crippen LogP contribution in [-0.4, -0.2) is 88.0 Å². The number of sulfone groups is 1. The van der Waals surface area contributed by atoms with Crippen LogP contribution in [0.3, 0.4) is 0 Å². The summed E-state index contributed by atoms with van der Waals surface area (Å²) >= 11 is 0. The summed E-state index contributed by atoms with van der Waals surface area (Å²) in [7, 11) is -3.66. The highest BCUT2D eigenvalue weighted by molar-refractivity contribution is 7.91. The van der Waals surface area contributed by atoms with Crippen LogP contribution < -0.4 is 10.6 Å². The molecule has 0 spiro atoms. The van der Waals surface area contributed by atoms with Crippen LogP contribution in [0.1, 0.15) is 38.2 Å². The second-order valence-electron chi connectivity index (χ2n) is 12.0. The van der Waals surface area contributed by atoms with Gasteiger partial charge >= 0.3 is 5.97 Å². The summed E-state index contributed by atoms with van der Waals surface area (Å²) < 4.78 is 61.4. The van der Waals surface area contributed by atoms with E-state index in [0.29, 0.717) is 0 Å². The zero-order chi connectivity index (χ0) is 35.7. The fourth-order valence-electron chi connectivity index (χ4n) is 5.61. The number of carbonyl (C=O) groups excluding carboxylic acids is 3. The number of hydrogen-bond donors (Lipinski definition) is 2. The number of carbonyl (C=O) groups is 3. The van der Waals surface area contributed by atoms with Crippen LogP contribution in [0.15, 0.2) is 95.9 Å². The van der Waals surface area contributed by atoms with E-state index in [-0.39, 0.29) is 24.0 Å². The van der Waals surface area contributed by atoms with Crippen molar-refractivity contribution in [2.24, 2.45) is 0 Å². The van der Waals surface area contributed by atoms with Gasteiger partial charge in [0.1, 0.15) is 43.1 Å². The summed E-state index contributed by atoms with van der Waals surface area (Å²) in [6.07, 6.45) is -5.35. The molecular weight excluding hydrogens is 668 g/mol. The van der Waals surface area contributed by atoms with Gasteiger partial charge in [-0.05, 0) is 31.5 Å². The predicted octanol–water partition coefficient (Wildman–Crippen LogP) is 2.84. The molecule has 2 aliphatic heterocycles. The summed E-state index contributed by atoms with van der Waals surface area (Å²) in [4.78, 5) is 38.7.